The van der Waals surface area contributed by atoms with Crippen LogP contribution in [0.25, 0.3) is 0 Å². The summed E-state index contributed by atoms with van der Waals surface area (Å²) >= 11 is 0. The van der Waals surface area contributed by atoms with Gasteiger partial charge in [0.05, 0.1) is 0 Å². The molecule has 6 nitrogen and oxygen atoms in total. The first-order valence-corrected chi connectivity index (χ1v) is 8.21. The van der Waals surface area contributed by atoms with Gasteiger partial charge in [0, 0.05) is 18.3 Å². The third-order valence-electron chi connectivity index (χ3n) is 4.67. The van der Waals surface area contributed by atoms with E-state index >= 15 is 0 Å². The number of aromatic nitrogens is 1. The van der Waals surface area contributed by atoms with Gasteiger partial charge in [0.15, 0.2) is 11.4 Å². The van der Waals surface area contributed by atoms with Crippen molar-refractivity contribution in [3.8, 4) is 5.75 Å². The molecule has 2 aromatic rings. The predicted molar refractivity (Wildman–Crippen MR) is 89.5 cm³/mol. The zero-order valence-electron chi connectivity index (χ0n) is 13.3. The van der Waals surface area contributed by atoms with E-state index in [9.17, 15) is 9.59 Å². The quantitative estimate of drug-likeness (QED) is 0.933. The number of nitrogens with one attached hydrogen (secondary N) is 1. The molecule has 0 bridgehead atoms. The van der Waals surface area contributed by atoms with Crippen LogP contribution in [0.15, 0.2) is 47.4 Å². The van der Waals surface area contributed by atoms with Crippen LogP contribution in [0.1, 0.15) is 35.3 Å². The van der Waals surface area contributed by atoms with Gasteiger partial charge in [-0.2, -0.15) is 0 Å². The van der Waals surface area contributed by atoms with Crippen LogP contribution in [0.3, 0.4) is 0 Å². The highest BCUT2D eigenvalue weighted by Gasteiger charge is 2.35. The normalized spacial score (nSPS) is 17.0. The molecule has 1 aromatic carbocycles. The molecule has 4 rings (SSSR count). The van der Waals surface area contributed by atoms with Crippen LogP contribution < -0.4 is 15.6 Å². The number of hydrogen-bond donors (Lipinski definition) is 1. The third-order valence-corrected chi connectivity index (χ3v) is 4.67. The lowest BCUT2D eigenvalue weighted by molar-refractivity contribution is 0.0541. The maximum Gasteiger partial charge on any atom is 0.278 e. The lowest BCUT2D eigenvalue weighted by Gasteiger charge is -2.41. The molecule has 6 heteroatoms. The Balaban J connectivity index is 1.65. The smallest absolute Gasteiger partial charge is 0.278 e. The molecule has 1 fully saturated rings. The Morgan fingerprint density at radius 1 is 1.12 bits per heavy atom. The molecular formula is C18H19N3O3. The Hall–Kier alpha value is -2.76. The molecule has 24 heavy (non-hydrogen) atoms. The second-order valence-electron chi connectivity index (χ2n) is 6.18. The lowest BCUT2D eigenvalue weighted by atomic mass is 9.91. The summed E-state index contributed by atoms with van der Waals surface area (Å²) in [7, 11) is 0. The maximum atomic E-state index is 12.9. The number of rotatable bonds is 4. The molecule has 1 aliphatic heterocycles. The zero-order chi connectivity index (χ0) is 16.5. The summed E-state index contributed by atoms with van der Waals surface area (Å²) in [4.78, 5) is 27.0. The summed E-state index contributed by atoms with van der Waals surface area (Å²) in [6.07, 6.45) is 4.77. The van der Waals surface area contributed by atoms with E-state index < -0.39 is 0 Å². The molecule has 0 unspecified atom stereocenters. The maximum absolute atomic E-state index is 12.9. The van der Waals surface area contributed by atoms with E-state index in [1.807, 2.05) is 30.3 Å². The Morgan fingerprint density at radius 3 is 2.62 bits per heavy atom. The van der Waals surface area contributed by atoms with E-state index in [0.717, 1.165) is 24.8 Å². The lowest BCUT2D eigenvalue weighted by Crippen LogP contribution is -2.53. The summed E-state index contributed by atoms with van der Waals surface area (Å²) < 4.78 is 7.35. The first-order valence-electron chi connectivity index (χ1n) is 8.21. The number of nitrogens with zero attached hydrogens (tertiary/aromatic N) is 2. The van der Waals surface area contributed by atoms with E-state index in [2.05, 4.69) is 5.43 Å². The van der Waals surface area contributed by atoms with Gasteiger partial charge in [-0.05, 0) is 24.8 Å². The van der Waals surface area contributed by atoms with Gasteiger partial charge in [-0.1, -0.05) is 30.3 Å². The second kappa shape index (κ2) is 6.03. The molecule has 1 saturated carbocycles. The molecular weight excluding hydrogens is 306 g/mol. The molecule has 0 radical (unpaired) electrons. The predicted octanol–water partition coefficient (Wildman–Crippen LogP) is 1.94. The Morgan fingerprint density at radius 2 is 1.92 bits per heavy atom. The highest BCUT2D eigenvalue weighted by Crippen LogP contribution is 2.29. The van der Waals surface area contributed by atoms with Crippen molar-refractivity contribution in [3.05, 3.63) is 64.1 Å². The largest absolute Gasteiger partial charge is 0.482 e. The summed E-state index contributed by atoms with van der Waals surface area (Å²) in [5.41, 5.74) is 4.12. The minimum atomic E-state index is -0.275. The van der Waals surface area contributed by atoms with E-state index in [0.29, 0.717) is 6.67 Å². The van der Waals surface area contributed by atoms with Crippen LogP contribution >= 0.6 is 0 Å². The van der Waals surface area contributed by atoms with Gasteiger partial charge in [0.25, 0.3) is 5.91 Å². The SMILES string of the molecule is O=C1c2c(OCc3ccccc3)c(=O)ccn2NCN1C1CCC1. The minimum absolute atomic E-state index is 0.114. The molecule has 0 saturated heterocycles. The monoisotopic (exact) mass is 325 g/mol. The molecule has 2 heterocycles. The number of carbonyl (C=O) groups excluding carboxylic acids is 1. The van der Waals surface area contributed by atoms with Gasteiger partial charge >= 0.3 is 0 Å². The highest BCUT2D eigenvalue weighted by molar-refractivity contribution is 5.96. The topological polar surface area (TPSA) is 63.6 Å². The van der Waals surface area contributed by atoms with Crippen LogP contribution in [0.5, 0.6) is 5.75 Å². The Labute approximate surface area is 139 Å². The second-order valence-corrected chi connectivity index (χ2v) is 6.18. The average Bonchev–Trinajstić information content (AvgIpc) is 2.56. The van der Waals surface area contributed by atoms with E-state index in [1.54, 1.807) is 15.8 Å². The number of amides is 1. The van der Waals surface area contributed by atoms with Crippen LogP contribution in [0.4, 0.5) is 0 Å². The number of pyridine rings is 1. The summed E-state index contributed by atoms with van der Waals surface area (Å²) in [5.74, 6) is -0.0258. The fourth-order valence-electron chi connectivity index (χ4n) is 3.07. The summed E-state index contributed by atoms with van der Waals surface area (Å²) in [6, 6.07) is 11.3. The molecule has 2 aliphatic rings. The van der Waals surface area contributed by atoms with Gasteiger partial charge in [0.1, 0.15) is 13.3 Å². The minimum Gasteiger partial charge on any atom is -0.482 e. The molecule has 1 aliphatic carbocycles. The fraction of sp³-hybridized carbons (Fsp3) is 0.333. The van der Waals surface area contributed by atoms with Crippen LogP contribution in [0, 0.1) is 0 Å². The Kier molecular flexibility index (Phi) is 3.72. The van der Waals surface area contributed by atoms with E-state index in [4.69, 9.17) is 4.74 Å². The van der Waals surface area contributed by atoms with Gasteiger partial charge in [-0.25, -0.2) is 0 Å². The van der Waals surface area contributed by atoms with Crippen molar-refractivity contribution in [1.29, 1.82) is 0 Å². The van der Waals surface area contributed by atoms with Gasteiger partial charge < -0.3 is 15.1 Å². The van der Waals surface area contributed by atoms with Crippen LogP contribution in [-0.2, 0) is 6.61 Å². The summed E-state index contributed by atoms with van der Waals surface area (Å²) in [5, 5.41) is 0. The van der Waals surface area contributed by atoms with Crippen LogP contribution in [-0.4, -0.2) is 28.2 Å². The Bertz CT molecular complexity index is 812. The van der Waals surface area contributed by atoms with Crippen LogP contribution in [0.2, 0.25) is 0 Å². The van der Waals surface area contributed by atoms with Crippen molar-refractivity contribution in [1.82, 2.24) is 9.58 Å². The molecule has 124 valence electrons. The van der Waals surface area contributed by atoms with Crippen molar-refractivity contribution < 1.29 is 9.53 Å². The van der Waals surface area contributed by atoms with Crippen molar-refractivity contribution in [3.63, 3.8) is 0 Å². The standard InChI is InChI=1S/C18H19N3O3/c22-15-9-10-21-16(17(15)24-11-13-5-2-1-3-6-13)18(23)20(12-19-21)14-7-4-8-14/h1-3,5-6,9-10,14,19H,4,7-8,11-12H2. The molecule has 0 spiro atoms. The summed E-state index contributed by atoms with van der Waals surface area (Å²) in [6.45, 7) is 0.710. The van der Waals surface area contributed by atoms with Crippen molar-refractivity contribution >= 4 is 5.91 Å². The first-order chi connectivity index (χ1) is 11.7. The van der Waals surface area contributed by atoms with Crippen molar-refractivity contribution in [2.45, 2.75) is 31.9 Å². The van der Waals surface area contributed by atoms with Crippen molar-refractivity contribution in [2.75, 3.05) is 12.1 Å². The average molecular weight is 325 g/mol. The van der Waals surface area contributed by atoms with Gasteiger partial charge in [-0.15, -0.1) is 0 Å². The number of fused-ring (bicyclic) bond motifs is 1. The highest BCUT2D eigenvalue weighted by atomic mass is 16.5. The first kappa shape index (κ1) is 14.8. The molecule has 1 aromatic heterocycles. The molecule has 1 amide bonds. The van der Waals surface area contributed by atoms with E-state index in [1.165, 1.54) is 6.07 Å². The number of carbonyl (C=O) groups is 1. The molecule has 1 N–H and O–H groups in total. The fourth-order valence-corrected chi connectivity index (χ4v) is 3.07. The van der Waals surface area contributed by atoms with E-state index in [-0.39, 0.29) is 35.4 Å². The van der Waals surface area contributed by atoms with Crippen molar-refractivity contribution in [2.24, 2.45) is 0 Å². The number of benzene rings is 1. The van der Waals surface area contributed by atoms with Gasteiger partial charge in [-0.3, -0.25) is 14.3 Å². The third kappa shape index (κ3) is 2.54. The van der Waals surface area contributed by atoms with Gasteiger partial charge in [0.2, 0.25) is 5.43 Å². The zero-order valence-corrected chi connectivity index (χ0v) is 13.3. The number of ether oxygens (including phenoxy) is 1. The number of hydrogen-bond acceptors (Lipinski definition) is 4. The molecule has 0 atom stereocenters.